The van der Waals surface area contributed by atoms with E-state index in [-0.39, 0.29) is 0 Å². The predicted octanol–water partition coefficient (Wildman–Crippen LogP) is 2.50. The van der Waals surface area contributed by atoms with Gasteiger partial charge in [-0.2, -0.15) is 0 Å². The van der Waals surface area contributed by atoms with Crippen LogP contribution in [-0.2, 0) is 5.88 Å². The minimum Gasteiger partial charge on any atom is -0.496 e. The van der Waals surface area contributed by atoms with E-state index in [9.17, 15) is 0 Å². The van der Waals surface area contributed by atoms with Crippen molar-refractivity contribution in [3.8, 4) is 5.75 Å². The lowest BCUT2D eigenvalue weighted by Gasteiger charge is -1.95. The molecular formula is C6H7ClOS. The maximum absolute atomic E-state index is 5.58. The lowest BCUT2D eigenvalue weighted by Crippen LogP contribution is -1.82. The summed E-state index contributed by atoms with van der Waals surface area (Å²) in [6.45, 7) is 0. The first kappa shape index (κ1) is 6.90. The molecule has 0 N–H and O–H groups in total. The molecule has 0 aromatic carbocycles. The molecule has 50 valence electrons. The van der Waals surface area contributed by atoms with Crippen molar-refractivity contribution in [1.82, 2.24) is 0 Å². The van der Waals surface area contributed by atoms with Gasteiger partial charge in [-0.25, -0.2) is 0 Å². The van der Waals surface area contributed by atoms with Crippen molar-refractivity contribution < 1.29 is 4.74 Å². The second-order valence-corrected chi connectivity index (χ2v) is 2.61. The number of hydrogen-bond acceptors (Lipinski definition) is 2. The average Bonchev–Trinajstić information content (AvgIpc) is 2.33. The van der Waals surface area contributed by atoms with Crippen LogP contribution < -0.4 is 4.74 Å². The van der Waals surface area contributed by atoms with E-state index in [2.05, 4.69) is 0 Å². The van der Waals surface area contributed by atoms with Crippen LogP contribution in [0.2, 0.25) is 0 Å². The van der Waals surface area contributed by atoms with E-state index >= 15 is 0 Å². The molecule has 0 amide bonds. The van der Waals surface area contributed by atoms with E-state index in [1.807, 2.05) is 10.8 Å². The standard InChI is InChI=1S/C6H7ClOS/c1-8-6-4-9-3-5(6)2-7/h3-4H,2H2,1H3. The third-order valence-electron chi connectivity index (χ3n) is 1.07. The normalized spacial score (nSPS) is 9.56. The molecule has 0 radical (unpaired) electrons. The topological polar surface area (TPSA) is 9.23 Å². The highest BCUT2D eigenvalue weighted by Gasteiger charge is 1.99. The average molecular weight is 163 g/mol. The molecule has 0 aliphatic carbocycles. The summed E-state index contributed by atoms with van der Waals surface area (Å²) in [5, 5.41) is 3.93. The Hall–Kier alpha value is -0.210. The van der Waals surface area contributed by atoms with Gasteiger partial charge in [-0.15, -0.1) is 22.9 Å². The molecule has 0 saturated heterocycles. The number of halogens is 1. The Bertz CT molecular complexity index is 166. The maximum Gasteiger partial charge on any atom is 0.133 e. The second kappa shape index (κ2) is 3.08. The van der Waals surface area contributed by atoms with Gasteiger partial charge in [-0.05, 0) is 5.38 Å². The molecular weight excluding hydrogens is 156 g/mol. The second-order valence-electron chi connectivity index (χ2n) is 1.60. The number of thiophene rings is 1. The minimum atomic E-state index is 0.534. The molecule has 0 saturated carbocycles. The van der Waals surface area contributed by atoms with Crippen molar-refractivity contribution in [2.45, 2.75) is 5.88 Å². The predicted molar refractivity (Wildman–Crippen MR) is 40.4 cm³/mol. The fourth-order valence-corrected chi connectivity index (χ4v) is 1.69. The summed E-state index contributed by atoms with van der Waals surface area (Å²) in [6, 6.07) is 0. The van der Waals surface area contributed by atoms with Gasteiger partial charge >= 0.3 is 0 Å². The van der Waals surface area contributed by atoms with Gasteiger partial charge in [0.25, 0.3) is 0 Å². The van der Waals surface area contributed by atoms with Gasteiger partial charge in [-0.3, -0.25) is 0 Å². The Kier molecular flexibility index (Phi) is 2.37. The number of rotatable bonds is 2. The van der Waals surface area contributed by atoms with Crippen LogP contribution in [-0.4, -0.2) is 7.11 Å². The van der Waals surface area contributed by atoms with E-state index in [0.29, 0.717) is 5.88 Å². The maximum atomic E-state index is 5.58. The highest BCUT2D eigenvalue weighted by molar-refractivity contribution is 7.08. The van der Waals surface area contributed by atoms with Gasteiger partial charge in [0.1, 0.15) is 5.75 Å². The first-order chi connectivity index (χ1) is 4.38. The van der Waals surface area contributed by atoms with Gasteiger partial charge in [0.15, 0.2) is 0 Å². The molecule has 0 bridgehead atoms. The van der Waals surface area contributed by atoms with Crippen LogP contribution in [0.5, 0.6) is 5.75 Å². The molecule has 3 heteroatoms. The lowest BCUT2D eigenvalue weighted by molar-refractivity contribution is 0.413. The molecule has 0 aliphatic heterocycles. The monoisotopic (exact) mass is 162 g/mol. The molecule has 1 rings (SSSR count). The fourth-order valence-electron chi connectivity index (χ4n) is 0.588. The molecule has 9 heavy (non-hydrogen) atoms. The van der Waals surface area contributed by atoms with Crippen LogP contribution in [0.1, 0.15) is 5.56 Å². The fraction of sp³-hybridized carbons (Fsp3) is 0.333. The molecule has 1 nitrogen and oxygen atoms in total. The van der Waals surface area contributed by atoms with Crippen LogP contribution in [0, 0.1) is 0 Å². The summed E-state index contributed by atoms with van der Waals surface area (Å²) in [5.74, 6) is 1.43. The van der Waals surface area contributed by atoms with E-state index < -0.39 is 0 Å². The van der Waals surface area contributed by atoms with Crippen LogP contribution in [0.25, 0.3) is 0 Å². The highest BCUT2D eigenvalue weighted by atomic mass is 35.5. The van der Waals surface area contributed by atoms with Gasteiger partial charge in [0.05, 0.1) is 13.0 Å². The Morgan fingerprint density at radius 2 is 2.44 bits per heavy atom. The van der Waals surface area contributed by atoms with E-state index in [1.54, 1.807) is 18.4 Å². The summed E-state index contributed by atoms with van der Waals surface area (Å²) in [6.07, 6.45) is 0. The lowest BCUT2D eigenvalue weighted by atomic mass is 10.4. The third-order valence-corrected chi connectivity index (χ3v) is 2.12. The summed E-state index contributed by atoms with van der Waals surface area (Å²) in [5.41, 5.74) is 1.07. The van der Waals surface area contributed by atoms with E-state index in [1.165, 1.54) is 0 Å². The minimum absolute atomic E-state index is 0.534. The van der Waals surface area contributed by atoms with E-state index in [4.69, 9.17) is 16.3 Å². The van der Waals surface area contributed by atoms with Crippen molar-refractivity contribution in [3.05, 3.63) is 16.3 Å². The Labute approximate surface area is 63.2 Å². The summed E-state index contributed by atoms with van der Waals surface area (Å²) in [7, 11) is 1.65. The van der Waals surface area contributed by atoms with Crippen LogP contribution in [0.3, 0.4) is 0 Å². The van der Waals surface area contributed by atoms with Crippen molar-refractivity contribution in [1.29, 1.82) is 0 Å². The van der Waals surface area contributed by atoms with Gasteiger partial charge in [-0.1, -0.05) is 0 Å². The summed E-state index contributed by atoms with van der Waals surface area (Å²) >= 11 is 7.18. The van der Waals surface area contributed by atoms with E-state index in [0.717, 1.165) is 11.3 Å². The Balaban J connectivity index is 2.85. The Morgan fingerprint density at radius 1 is 1.67 bits per heavy atom. The summed E-state index contributed by atoms with van der Waals surface area (Å²) in [4.78, 5) is 0. The first-order valence-electron chi connectivity index (χ1n) is 2.53. The van der Waals surface area contributed by atoms with Gasteiger partial charge in [0.2, 0.25) is 0 Å². The number of hydrogen-bond donors (Lipinski definition) is 0. The molecule has 0 atom stereocenters. The molecule has 0 unspecified atom stereocenters. The summed E-state index contributed by atoms with van der Waals surface area (Å²) < 4.78 is 5.00. The van der Waals surface area contributed by atoms with Crippen molar-refractivity contribution in [2.75, 3.05) is 7.11 Å². The first-order valence-corrected chi connectivity index (χ1v) is 4.01. The number of methoxy groups -OCH3 is 1. The third kappa shape index (κ3) is 1.37. The SMILES string of the molecule is COc1cscc1CCl. The molecule has 1 heterocycles. The molecule has 0 aliphatic rings. The smallest absolute Gasteiger partial charge is 0.133 e. The van der Waals surface area contributed by atoms with Crippen LogP contribution >= 0.6 is 22.9 Å². The zero-order valence-corrected chi connectivity index (χ0v) is 6.63. The molecule has 1 aromatic rings. The Morgan fingerprint density at radius 3 is 2.89 bits per heavy atom. The van der Waals surface area contributed by atoms with Gasteiger partial charge < -0.3 is 4.74 Å². The van der Waals surface area contributed by atoms with Crippen molar-refractivity contribution >= 4 is 22.9 Å². The van der Waals surface area contributed by atoms with Gasteiger partial charge in [0, 0.05) is 10.9 Å². The molecule has 0 fully saturated rings. The largest absolute Gasteiger partial charge is 0.496 e. The van der Waals surface area contributed by atoms with Crippen molar-refractivity contribution in [3.63, 3.8) is 0 Å². The number of ether oxygens (including phenoxy) is 1. The van der Waals surface area contributed by atoms with Crippen molar-refractivity contribution in [2.24, 2.45) is 0 Å². The number of alkyl halides is 1. The zero-order valence-electron chi connectivity index (χ0n) is 5.06. The molecule has 1 aromatic heterocycles. The quantitative estimate of drug-likeness (QED) is 0.608. The molecule has 0 spiro atoms. The van der Waals surface area contributed by atoms with Crippen LogP contribution in [0.4, 0.5) is 0 Å². The van der Waals surface area contributed by atoms with Crippen LogP contribution in [0.15, 0.2) is 10.8 Å². The zero-order chi connectivity index (χ0) is 6.69. The highest BCUT2D eigenvalue weighted by Crippen LogP contribution is 2.23.